The SMILES string of the molecule is O=C(O)C1(c2ccc3[nH]cnc3c2)CC1. The van der Waals surface area contributed by atoms with Crippen LogP contribution in [0.4, 0.5) is 0 Å². The summed E-state index contributed by atoms with van der Waals surface area (Å²) in [6, 6.07) is 5.63. The van der Waals surface area contributed by atoms with E-state index in [4.69, 9.17) is 5.11 Å². The smallest absolute Gasteiger partial charge is 0.314 e. The molecule has 0 bridgehead atoms. The van der Waals surface area contributed by atoms with Crippen molar-refractivity contribution in [2.75, 3.05) is 0 Å². The van der Waals surface area contributed by atoms with Gasteiger partial charge in [-0.15, -0.1) is 0 Å². The monoisotopic (exact) mass is 202 g/mol. The summed E-state index contributed by atoms with van der Waals surface area (Å²) >= 11 is 0. The van der Waals surface area contributed by atoms with Crippen LogP contribution in [0.5, 0.6) is 0 Å². The van der Waals surface area contributed by atoms with E-state index in [-0.39, 0.29) is 0 Å². The fourth-order valence-electron chi connectivity index (χ4n) is 1.98. The molecule has 2 N–H and O–H groups in total. The van der Waals surface area contributed by atoms with Crippen LogP contribution < -0.4 is 0 Å². The molecule has 4 heteroatoms. The zero-order valence-electron chi connectivity index (χ0n) is 8.03. The number of carboxylic acid groups (broad SMARTS) is 1. The highest BCUT2D eigenvalue weighted by Crippen LogP contribution is 2.48. The molecule has 4 nitrogen and oxygen atoms in total. The lowest BCUT2D eigenvalue weighted by Gasteiger charge is -2.09. The van der Waals surface area contributed by atoms with Crippen LogP contribution in [0.2, 0.25) is 0 Å². The van der Waals surface area contributed by atoms with E-state index in [9.17, 15) is 4.79 Å². The first kappa shape index (κ1) is 8.47. The fourth-order valence-corrected chi connectivity index (χ4v) is 1.98. The maximum Gasteiger partial charge on any atom is 0.314 e. The average Bonchev–Trinajstić information content (AvgIpc) is 2.91. The highest BCUT2D eigenvalue weighted by atomic mass is 16.4. The molecule has 1 aliphatic carbocycles. The second kappa shape index (κ2) is 2.59. The lowest BCUT2D eigenvalue weighted by Crippen LogP contribution is -2.19. The Morgan fingerprint density at radius 1 is 1.47 bits per heavy atom. The molecule has 1 heterocycles. The number of carboxylic acids is 1. The van der Waals surface area contributed by atoms with Crippen molar-refractivity contribution in [3.63, 3.8) is 0 Å². The van der Waals surface area contributed by atoms with Gasteiger partial charge in [0.2, 0.25) is 0 Å². The molecule has 0 aliphatic heterocycles. The van der Waals surface area contributed by atoms with E-state index in [1.807, 2.05) is 18.2 Å². The van der Waals surface area contributed by atoms with Crippen molar-refractivity contribution in [2.24, 2.45) is 0 Å². The second-order valence-electron chi connectivity index (χ2n) is 4.02. The Balaban J connectivity index is 2.15. The summed E-state index contributed by atoms with van der Waals surface area (Å²) in [7, 11) is 0. The van der Waals surface area contributed by atoms with Gasteiger partial charge >= 0.3 is 5.97 Å². The van der Waals surface area contributed by atoms with E-state index >= 15 is 0 Å². The van der Waals surface area contributed by atoms with Gasteiger partial charge in [0.25, 0.3) is 0 Å². The number of hydrogen-bond donors (Lipinski definition) is 2. The lowest BCUT2D eigenvalue weighted by atomic mass is 9.96. The number of aromatic nitrogens is 2. The minimum Gasteiger partial charge on any atom is -0.481 e. The molecular weight excluding hydrogens is 192 g/mol. The summed E-state index contributed by atoms with van der Waals surface area (Å²) in [5.41, 5.74) is 2.02. The summed E-state index contributed by atoms with van der Waals surface area (Å²) in [6.45, 7) is 0. The lowest BCUT2D eigenvalue weighted by molar-refractivity contribution is -0.140. The van der Waals surface area contributed by atoms with E-state index in [2.05, 4.69) is 9.97 Å². The van der Waals surface area contributed by atoms with Crippen molar-refractivity contribution in [1.29, 1.82) is 0 Å². The van der Waals surface area contributed by atoms with Crippen molar-refractivity contribution >= 4 is 17.0 Å². The topological polar surface area (TPSA) is 66.0 Å². The van der Waals surface area contributed by atoms with E-state index in [1.54, 1.807) is 6.33 Å². The van der Waals surface area contributed by atoms with Crippen LogP contribution in [0.3, 0.4) is 0 Å². The van der Waals surface area contributed by atoms with Crippen molar-refractivity contribution in [1.82, 2.24) is 9.97 Å². The molecule has 0 saturated heterocycles. The number of benzene rings is 1. The summed E-state index contributed by atoms with van der Waals surface area (Å²) in [5.74, 6) is -0.725. The Kier molecular flexibility index (Phi) is 1.46. The van der Waals surface area contributed by atoms with Crippen molar-refractivity contribution in [3.8, 4) is 0 Å². The summed E-state index contributed by atoms with van der Waals surface area (Å²) < 4.78 is 0. The van der Waals surface area contributed by atoms with Crippen LogP contribution in [0.15, 0.2) is 24.5 Å². The minimum atomic E-state index is -0.725. The summed E-state index contributed by atoms with van der Waals surface area (Å²) in [5, 5.41) is 9.15. The van der Waals surface area contributed by atoms with Crippen LogP contribution in [0.25, 0.3) is 11.0 Å². The number of imidazole rings is 1. The number of aliphatic carboxylic acids is 1. The van der Waals surface area contributed by atoms with Crippen LogP contribution in [-0.2, 0) is 10.2 Å². The Hall–Kier alpha value is -1.84. The third-order valence-corrected chi connectivity index (χ3v) is 3.13. The zero-order chi connectivity index (χ0) is 10.5. The molecule has 1 aliphatic rings. The minimum absolute atomic E-state index is 0.632. The van der Waals surface area contributed by atoms with Crippen LogP contribution in [0, 0.1) is 0 Å². The number of hydrogen-bond acceptors (Lipinski definition) is 2. The largest absolute Gasteiger partial charge is 0.481 e. The number of nitrogens with one attached hydrogen (secondary N) is 1. The maximum atomic E-state index is 11.1. The maximum absolute atomic E-state index is 11.1. The summed E-state index contributed by atoms with van der Waals surface area (Å²) in [4.78, 5) is 18.3. The number of H-pyrrole nitrogens is 1. The van der Waals surface area contributed by atoms with Crippen molar-refractivity contribution < 1.29 is 9.90 Å². The van der Waals surface area contributed by atoms with Gasteiger partial charge in [-0.25, -0.2) is 4.98 Å². The first-order valence-electron chi connectivity index (χ1n) is 4.89. The molecule has 2 aromatic rings. The van der Waals surface area contributed by atoms with Gasteiger partial charge in [-0.1, -0.05) is 6.07 Å². The molecule has 1 saturated carbocycles. The van der Waals surface area contributed by atoms with E-state index in [1.165, 1.54) is 0 Å². The molecule has 0 radical (unpaired) electrons. The Morgan fingerprint density at radius 3 is 2.93 bits per heavy atom. The van der Waals surface area contributed by atoms with Gasteiger partial charge in [-0.3, -0.25) is 4.79 Å². The van der Waals surface area contributed by atoms with Gasteiger partial charge < -0.3 is 10.1 Å². The quantitative estimate of drug-likeness (QED) is 0.778. The highest BCUT2D eigenvalue weighted by Gasteiger charge is 2.51. The molecule has 3 rings (SSSR count). The van der Waals surface area contributed by atoms with Crippen LogP contribution in [0.1, 0.15) is 18.4 Å². The first-order chi connectivity index (χ1) is 7.22. The third kappa shape index (κ3) is 1.08. The average molecular weight is 202 g/mol. The van der Waals surface area contributed by atoms with Crippen molar-refractivity contribution in [2.45, 2.75) is 18.3 Å². The normalized spacial score (nSPS) is 17.9. The molecule has 1 aromatic heterocycles. The number of aromatic amines is 1. The number of carbonyl (C=O) groups is 1. The first-order valence-corrected chi connectivity index (χ1v) is 4.89. The molecular formula is C11H10N2O2. The third-order valence-electron chi connectivity index (χ3n) is 3.13. The Morgan fingerprint density at radius 2 is 2.27 bits per heavy atom. The van der Waals surface area contributed by atoms with Gasteiger partial charge in [0.1, 0.15) is 0 Å². The number of rotatable bonds is 2. The molecule has 0 amide bonds. The van der Waals surface area contributed by atoms with Crippen molar-refractivity contribution in [3.05, 3.63) is 30.1 Å². The van der Waals surface area contributed by atoms with Gasteiger partial charge in [0.15, 0.2) is 0 Å². The van der Waals surface area contributed by atoms with Gasteiger partial charge in [0, 0.05) is 0 Å². The number of nitrogens with zero attached hydrogens (tertiary/aromatic N) is 1. The fraction of sp³-hybridized carbons (Fsp3) is 0.273. The predicted molar refractivity (Wildman–Crippen MR) is 54.6 cm³/mol. The molecule has 1 fully saturated rings. The Bertz CT molecular complexity index is 540. The van der Waals surface area contributed by atoms with Crippen LogP contribution >= 0.6 is 0 Å². The standard InChI is InChI=1S/C11H10N2O2/c14-10(15)11(3-4-11)7-1-2-8-9(5-7)13-6-12-8/h1-2,5-6H,3-4H2,(H,12,13)(H,14,15). The van der Waals surface area contributed by atoms with E-state index in [0.717, 1.165) is 29.4 Å². The second-order valence-corrected chi connectivity index (χ2v) is 4.02. The molecule has 76 valence electrons. The van der Waals surface area contributed by atoms with E-state index < -0.39 is 11.4 Å². The Labute approximate surface area is 86.0 Å². The predicted octanol–water partition coefficient (Wildman–Crippen LogP) is 1.68. The van der Waals surface area contributed by atoms with E-state index in [0.29, 0.717) is 0 Å². The van der Waals surface area contributed by atoms with Gasteiger partial charge in [-0.05, 0) is 30.5 Å². The summed E-state index contributed by atoms with van der Waals surface area (Å²) in [6.07, 6.45) is 3.09. The highest BCUT2D eigenvalue weighted by molar-refractivity contribution is 5.87. The molecule has 0 unspecified atom stereocenters. The molecule has 1 aromatic carbocycles. The molecule has 0 atom stereocenters. The van der Waals surface area contributed by atoms with Gasteiger partial charge in [0.05, 0.1) is 22.8 Å². The number of fused-ring (bicyclic) bond motifs is 1. The zero-order valence-corrected chi connectivity index (χ0v) is 8.03. The van der Waals surface area contributed by atoms with Crippen LogP contribution in [-0.4, -0.2) is 21.0 Å². The van der Waals surface area contributed by atoms with Gasteiger partial charge in [-0.2, -0.15) is 0 Å². The molecule has 15 heavy (non-hydrogen) atoms. The molecule has 0 spiro atoms.